The molecule has 2 nitrogen and oxygen atoms in total. The molecule has 15 heavy (non-hydrogen) atoms. The van der Waals surface area contributed by atoms with Crippen LogP contribution in [0.15, 0.2) is 48.2 Å². The van der Waals surface area contributed by atoms with Gasteiger partial charge in [0, 0.05) is 6.21 Å². The van der Waals surface area contributed by atoms with Gasteiger partial charge in [-0.1, -0.05) is 19.2 Å². The molecular weight excluding hydrogens is 186 g/mol. The molecule has 0 unspecified atom stereocenters. The van der Waals surface area contributed by atoms with E-state index < -0.39 is 0 Å². The van der Waals surface area contributed by atoms with Crippen molar-refractivity contribution in [3.63, 3.8) is 0 Å². The van der Waals surface area contributed by atoms with Gasteiger partial charge >= 0.3 is 0 Å². The third-order valence-electron chi connectivity index (χ3n) is 1.78. The van der Waals surface area contributed by atoms with Crippen LogP contribution in [0.5, 0.6) is 5.75 Å². The average Bonchev–Trinajstić information content (AvgIpc) is 2.15. The van der Waals surface area contributed by atoms with Crippen LogP contribution in [0.4, 0.5) is 5.69 Å². The Hall–Kier alpha value is -1.83. The van der Waals surface area contributed by atoms with E-state index in [9.17, 15) is 0 Å². The number of rotatable bonds is 4. The summed E-state index contributed by atoms with van der Waals surface area (Å²) in [5.74, 6) is 1.47. The van der Waals surface area contributed by atoms with Gasteiger partial charge in [0.05, 0.1) is 11.4 Å². The zero-order valence-electron chi connectivity index (χ0n) is 9.16. The van der Waals surface area contributed by atoms with E-state index in [2.05, 4.69) is 18.2 Å². The van der Waals surface area contributed by atoms with Gasteiger partial charge in [0.25, 0.3) is 0 Å². The highest BCUT2D eigenvalue weighted by molar-refractivity contribution is 5.74. The highest BCUT2D eigenvalue weighted by atomic mass is 16.5. The number of benzene rings is 1. The summed E-state index contributed by atoms with van der Waals surface area (Å²) in [6.45, 7) is 11.1. The molecule has 78 valence electrons. The third-order valence-corrected chi connectivity index (χ3v) is 1.78. The number of allylic oxidation sites excluding steroid dienone is 2. The second-order valence-corrected chi connectivity index (χ2v) is 3.27. The van der Waals surface area contributed by atoms with Crippen LogP contribution in [-0.4, -0.2) is 6.21 Å². The van der Waals surface area contributed by atoms with Crippen LogP contribution >= 0.6 is 0 Å². The van der Waals surface area contributed by atoms with Crippen LogP contribution in [-0.2, 0) is 0 Å². The first-order chi connectivity index (χ1) is 7.13. The quantitative estimate of drug-likeness (QED) is 0.536. The van der Waals surface area contributed by atoms with E-state index in [0.29, 0.717) is 5.76 Å². The number of nitrogens with zero attached hydrogens (tertiary/aromatic N) is 1. The standard InChI is InChI=1S/C13H15NO/c1-5-8-14-13-7-6-12(9-11(13)4)15-10(2)3/h5-9H,1-2H2,3-4H3. The fraction of sp³-hybridized carbons (Fsp3) is 0.154. The molecule has 0 saturated carbocycles. The maximum atomic E-state index is 5.39. The van der Waals surface area contributed by atoms with Crippen molar-refractivity contribution in [2.75, 3.05) is 0 Å². The molecule has 0 atom stereocenters. The zero-order valence-corrected chi connectivity index (χ0v) is 9.16. The summed E-state index contributed by atoms with van der Waals surface area (Å²) in [6, 6.07) is 5.72. The number of hydrogen-bond acceptors (Lipinski definition) is 2. The molecule has 0 N–H and O–H groups in total. The zero-order chi connectivity index (χ0) is 11.3. The van der Waals surface area contributed by atoms with Gasteiger partial charge < -0.3 is 4.74 Å². The minimum absolute atomic E-state index is 0.678. The largest absolute Gasteiger partial charge is 0.463 e. The van der Waals surface area contributed by atoms with Crippen molar-refractivity contribution in [1.82, 2.24) is 0 Å². The number of hydrogen-bond donors (Lipinski definition) is 0. The van der Waals surface area contributed by atoms with Crippen molar-refractivity contribution in [2.45, 2.75) is 13.8 Å². The van der Waals surface area contributed by atoms with Gasteiger partial charge in [-0.3, -0.25) is 4.99 Å². The lowest BCUT2D eigenvalue weighted by atomic mass is 10.2. The van der Waals surface area contributed by atoms with Crippen LogP contribution in [0.2, 0.25) is 0 Å². The van der Waals surface area contributed by atoms with Crippen molar-refractivity contribution in [3.05, 3.63) is 48.8 Å². The maximum Gasteiger partial charge on any atom is 0.127 e. The van der Waals surface area contributed by atoms with E-state index >= 15 is 0 Å². The fourth-order valence-corrected chi connectivity index (χ4v) is 1.17. The smallest absolute Gasteiger partial charge is 0.127 e. The molecule has 1 rings (SSSR count). The predicted octanol–water partition coefficient (Wildman–Crippen LogP) is 3.80. The Bertz CT molecular complexity index is 405. The van der Waals surface area contributed by atoms with Gasteiger partial charge in [-0.05, 0) is 37.6 Å². The summed E-state index contributed by atoms with van der Waals surface area (Å²) in [5, 5.41) is 0. The Morgan fingerprint density at radius 2 is 2.20 bits per heavy atom. The van der Waals surface area contributed by atoms with E-state index in [1.807, 2.05) is 32.0 Å². The van der Waals surface area contributed by atoms with Crippen molar-refractivity contribution in [1.29, 1.82) is 0 Å². The lowest BCUT2D eigenvalue weighted by Gasteiger charge is -2.06. The van der Waals surface area contributed by atoms with E-state index in [1.54, 1.807) is 12.3 Å². The molecular formula is C13H15NO. The molecule has 0 aliphatic carbocycles. The van der Waals surface area contributed by atoms with E-state index in [-0.39, 0.29) is 0 Å². The van der Waals surface area contributed by atoms with Crippen molar-refractivity contribution < 1.29 is 4.74 Å². The van der Waals surface area contributed by atoms with Crippen LogP contribution in [0.25, 0.3) is 0 Å². The lowest BCUT2D eigenvalue weighted by molar-refractivity contribution is 0.430. The Kier molecular flexibility index (Phi) is 3.86. The summed E-state index contributed by atoms with van der Waals surface area (Å²) in [7, 11) is 0. The van der Waals surface area contributed by atoms with Crippen molar-refractivity contribution in [3.8, 4) is 5.75 Å². The minimum Gasteiger partial charge on any atom is -0.463 e. The molecule has 0 aromatic heterocycles. The van der Waals surface area contributed by atoms with Crippen LogP contribution in [0.3, 0.4) is 0 Å². The first-order valence-corrected chi connectivity index (χ1v) is 4.72. The molecule has 1 aromatic carbocycles. The summed E-state index contributed by atoms with van der Waals surface area (Å²) >= 11 is 0. The molecule has 0 aliphatic rings. The monoisotopic (exact) mass is 201 g/mol. The first kappa shape index (κ1) is 11.2. The summed E-state index contributed by atoms with van der Waals surface area (Å²) in [4.78, 5) is 4.22. The Balaban J connectivity index is 2.92. The molecule has 0 bridgehead atoms. The summed E-state index contributed by atoms with van der Waals surface area (Å²) in [5.41, 5.74) is 1.98. The highest BCUT2D eigenvalue weighted by Gasteiger charge is 1.99. The topological polar surface area (TPSA) is 21.6 Å². The Labute approximate surface area is 90.6 Å². The van der Waals surface area contributed by atoms with Crippen LogP contribution in [0, 0.1) is 6.92 Å². The molecule has 2 heteroatoms. The highest BCUT2D eigenvalue weighted by Crippen LogP contribution is 2.24. The van der Waals surface area contributed by atoms with Gasteiger partial charge in [0.15, 0.2) is 0 Å². The van der Waals surface area contributed by atoms with Gasteiger partial charge in [-0.15, -0.1) is 0 Å². The second kappa shape index (κ2) is 5.15. The predicted molar refractivity (Wildman–Crippen MR) is 65.0 cm³/mol. The maximum absolute atomic E-state index is 5.39. The molecule has 0 aliphatic heterocycles. The molecule has 0 heterocycles. The van der Waals surface area contributed by atoms with E-state index in [1.165, 1.54) is 0 Å². The number of ether oxygens (including phenoxy) is 1. The van der Waals surface area contributed by atoms with Crippen LogP contribution in [0.1, 0.15) is 12.5 Å². The van der Waals surface area contributed by atoms with Gasteiger partial charge in [0.2, 0.25) is 0 Å². The third kappa shape index (κ3) is 3.43. The normalized spacial score (nSPS) is 10.3. The summed E-state index contributed by atoms with van der Waals surface area (Å²) < 4.78 is 5.39. The van der Waals surface area contributed by atoms with Gasteiger partial charge in [-0.25, -0.2) is 0 Å². The number of aryl methyl sites for hydroxylation is 1. The first-order valence-electron chi connectivity index (χ1n) is 4.72. The lowest BCUT2D eigenvalue weighted by Crippen LogP contribution is -1.88. The van der Waals surface area contributed by atoms with Crippen molar-refractivity contribution in [2.24, 2.45) is 4.99 Å². The molecule has 0 fully saturated rings. The fourth-order valence-electron chi connectivity index (χ4n) is 1.17. The molecule has 0 amide bonds. The van der Waals surface area contributed by atoms with E-state index in [4.69, 9.17) is 4.74 Å². The molecule has 1 aromatic rings. The molecule has 0 spiro atoms. The minimum atomic E-state index is 0.678. The average molecular weight is 201 g/mol. The van der Waals surface area contributed by atoms with Gasteiger partial charge in [0.1, 0.15) is 5.75 Å². The van der Waals surface area contributed by atoms with E-state index in [0.717, 1.165) is 17.0 Å². The van der Waals surface area contributed by atoms with Gasteiger partial charge in [-0.2, -0.15) is 0 Å². The van der Waals surface area contributed by atoms with Crippen LogP contribution < -0.4 is 4.74 Å². The Morgan fingerprint density at radius 1 is 1.47 bits per heavy atom. The SMILES string of the molecule is C=CC=Nc1ccc(OC(=C)C)cc1C. The second-order valence-electron chi connectivity index (χ2n) is 3.27. The summed E-state index contributed by atoms with van der Waals surface area (Å²) in [6.07, 6.45) is 3.32. The number of aliphatic imine (C=N–C) groups is 1. The van der Waals surface area contributed by atoms with Crippen molar-refractivity contribution >= 4 is 11.9 Å². The molecule has 0 radical (unpaired) electrons. The molecule has 0 saturated heterocycles. The Morgan fingerprint density at radius 3 is 2.73 bits per heavy atom.